The molecule has 120 valence electrons. The maximum atomic E-state index is 12.6. The van der Waals surface area contributed by atoms with E-state index in [1.54, 1.807) is 10.7 Å². The van der Waals surface area contributed by atoms with Gasteiger partial charge in [0.1, 0.15) is 5.69 Å². The second-order valence-corrected chi connectivity index (χ2v) is 6.98. The zero-order valence-electron chi connectivity index (χ0n) is 13.2. The van der Waals surface area contributed by atoms with Crippen LogP contribution in [0.3, 0.4) is 0 Å². The topological polar surface area (TPSA) is 52.2 Å². The van der Waals surface area contributed by atoms with E-state index in [0.717, 1.165) is 26.9 Å². The lowest BCUT2D eigenvalue weighted by Crippen LogP contribution is -2.17. The molecular formula is C16H17BrN4OS. The normalized spacial score (nSPS) is 12.3. The Hall–Kier alpha value is -1.73. The van der Waals surface area contributed by atoms with Gasteiger partial charge in [-0.15, -0.1) is 0 Å². The van der Waals surface area contributed by atoms with Crippen LogP contribution in [-0.4, -0.2) is 20.3 Å². The summed E-state index contributed by atoms with van der Waals surface area (Å²) in [5, 5.41) is 4.32. The van der Waals surface area contributed by atoms with E-state index in [1.807, 2.05) is 32.0 Å². The molecule has 2 heterocycles. The van der Waals surface area contributed by atoms with E-state index >= 15 is 0 Å². The smallest absolute Gasteiger partial charge is 0.297 e. The van der Waals surface area contributed by atoms with Crippen molar-refractivity contribution in [3.8, 4) is 0 Å². The summed E-state index contributed by atoms with van der Waals surface area (Å²) in [7, 11) is 0. The highest BCUT2D eigenvalue weighted by Gasteiger charge is 2.14. The fraction of sp³-hybridized carbons (Fsp3) is 0.312. The van der Waals surface area contributed by atoms with Crippen molar-refractivity contribution < 1.29 is 4.79 Å². The minimum Gasteiger partial charge on any atom is -0.316 e. The summed E-state index contributed by atoms with van der Waals surface area (Å²) in [5.74, 6) is -0.252. The van der Waals surface area contributed by atoms with E-state index in [1.165, 1.54) is 11.3 Å². The number of para-hydroxylation sites is 1. The maximum absolute atomic E-state index is 12.6. The molecule has 3 aromatic rings. The highest BCUT2D eigenvalue weighted by Crippen LogP contribution is 2.25. The fourth-order valence-corrected chi connectivity index (χ4v) is 4.40. The number of nitrogens with zero attached hydrogens (tertiary/aromatic N) is 4. The first-order valence-electron chi connectivity index (χ1n) is 7.46. The maximum Gasteiger partial charge on any atom is 0.297 e. The van der Waals surface area contributed by atoms with Gasteiger partial charge in [-0.3, -0.25) is 9.48 Å². The van der Waals surface area contributed by atoms with Gasteiger partial charge in [-0.25, -0.2) is 0 Å². The van der Waals surface area contributed by atoms with Crippen LogP contribution < -0.4 is 4.80 Å². The zero-order valence-corrected chi connectivity index (χ0v) is 15.6. The van der Waals surface area contributed by atoms with Crippen LogP contribution in [0.15, 0.2) is 33.7 Å². The van der Waals surface area contributed by atoms with Crippen LogP contribution in [0, 0.1) is 6.92 Å². The van der Waals surface area contributed by atoms with Crippen LogP contribution in [0.25, 0.3) is 10.2 Å². The summed E-state index contributed by atoms with van der Waals surface area (Å²) in [6, 6.07) is 7.82. The molecule has 0 fully saturated rings. The summed E-state index contributed by atoms with van der Waals surface area (Å²) in [4.78, 5) is 17.7. The van der Waals surface area contributed by atoms with E-state index in [4.69, 9.17) is 0 Å². The minimum atomic E-state index is -0.252. The number of hydrogen-bond acceptors (Lipinski definition) is 3. The van der Waals surface area contributed by atoms with Gasteiger partial charge >= 0.3 is 0 Å². The lowest BCUT2D eigenvalue weighted by Gasteiger charge is -2.02. The number of thiazole rings is 1. The van der Waals surface area contributed by atoms with Gasteiger partial charge in [0.25, 0.3) is 5.91 Å². The summed E-state index contributed by atoms with van der Waals surface area (Å²) < 4.78 is 5.87. The SMILES string of the molecule is CCn1nc(C)cc1C(=O)N=c1sc2cccc(Br)c2n1CC. The molecule has 0 aliphatic rings. The molecule has 0 N–H and O–H groups in total. The molecular weight excluding hydrogens is 376 g/mol. The fourth-order valence-electron chi connectivity index (χ4n) is 2.57. The quantitative estimate of drug-likeness (QED) is 0.681. The van der Waals surface area contributed by atoms with Gasteiger partial charge in [-0.2, -0.15) is 10.1 Å². The predicted molar refractivity (Wildman–Crippen MR) is 95.7 cm³/mol. The summed E-state index contributed by atoms with van der Waals surface area (Å²) in [5.41, 5.74) is 2.43. The van der Waals surface area contributed by atoms with Crippen LogP contribution in [-0.2, 0) is 13.1 Å². The number of carbonyl (C=O) groups excluding carboxylic acids is 1. The van der Waals surface area contributed by atoms with E-state index in [9.17, 15) is 4.79 Å². The molecule has 0 aliphatic carbocycles. The number of aryl methyl sites for hydroxylation is 3. The van der Waals surface area contributed by atoms with Crippen LogP contribution in [0.1, 0.15) is 30.0 Å². The molecule has 1 aromatic carbocycles. The highest BCUT2D eigenvalue weighted by molar-refractivity contribution is 9.10. The number of halogens is 1. The molecule has 0 radical (unpaired) electrons. The third-order valence-corrected chi connectivity index (χ3v) is 5.27. The van der Waals surface area contributed by atoms with Crippen molar-refractivity contribution in [2.24, 2.45) is 4.99 Å². The van der Waals surface area contributed by atoms with Crippen molar-refractivity contribution in [1.82, 2.24) is 14.3 Å². The second kappa shape index (κ2) is 6.41. The van der Waals surface area contributed by atoms with Gasteiger partial charge in [0.05, 0.1) is 15.9 Å². The van der Waals surface area contributed by atoms with Crippen molar-refractivity contribution in [3.05, 3.63) is 44.9 Å². The van der Waals surface area contributed by atoms with Crippen molar-refractivity contribution >= 4 is 43.4 Å². The number of fused-ring (bicyclic) bond motifs is 1. The van der Waals surface area contributed by atoms with Crippen LogP contribution in [0.5, 0.6) is 0 Å². The van der Waals surface area contributed by atoms with E-state index in [-0.39, 0.29) is 5.91 Å². The molecule has 0 saturated heterocycles. The van der Waals surface area contributed by atoms with Crippen molar-refractivity contribution in [2.45, 2.75) is 33.9 Å². The van der Waals surface area contributed by atoms with Crippen molar-refractivity contribution in [3.63, 3.8) is 0 Å². The van der Waals surface area contributed by atoms with Gasteiger partial charge < -0.3 is 4.57 Å². The molecule has 3 rings (SSSR count). The molecule has 1 amide bonds. The van der Waals surface area contributed by atoms with E-state index in [2.05, 4.69) is 37.5 Å². The number of aromatic nitrogens is 3. The monoisotopic (exact) mass is 392 g/mol. The predicted octanol–water partition coefficient (Wildman–Crippen LogP) is 3.75. The Balaban J connectivity index is 2.17. The summed E-state index contributed by atoms with van der Waals surface area (Å²) >= 11 is 5.11. The number of rotatable bonds is 3. The first-order chi connectivity index (χ1) is 11.0. The third-order valence-electron chi connectivity index (χ3n) is 3.59. The Bertz CT molecular complexity index is 951. The first-order valence-corrected chi connectivity index (χ1v) is 9.07. The number of amides is 1. The molecule has 0 atom stereocenters. The largest absolute Gasteiger partial charge is 0.316 e. The van der Waals surface area contributed by atoms with E-state index < -0.39 is 0 Å². The third kappa shape index (κ3) is 2.90. The highest BCUT2D eigenvalue weighted by atomic mass is 79.9. The molecule has 5 nitrogen and oxygen atoms in total. The molecule has 0 spiro atoms. The summed E-state index contributed by atoms with van der Waals surface area (Å²) in [6.07, 6.45) is 0. The van der Waals surface area contributed by atoms with E-state index in [0.29, 0.717) is 17.0 Å². The molecule has 0 saturated carbocycles. The molecule has 2 aromatic heterocycles. The zero-order chi connectivity index (χ0) is 16.6. The van der Waals surface area contributed by atoms with Crippen LogP contribution >= 0.6 is 27.3 Å². The second-order valence-electron chi connectivity index (χ2n) is 5.12. The Labute approximate surface area is 146 Å². The average Bonchev–Trinajstić information content (AvgIpc) is 3.07. The van der Waals surface area contributed by atoms with Gasteiger partial charge in [0.2, 0.25) is 0 Å². The molecule has 0 aliphatic heterocycles. The average molecular weight is 393 g/mol. The molecule has 7 heteroatoms. The van der Waals surface area contributed by atoms with Crippen molar-refractivity contribution in [1.29, 1.82) is 0 Å². The minimum absolute atomic E-state index is 0.252. The number of benzene rings is 1. The van der Waals surface area contributed by atoms with Gasteiger partial charge in [0.15, 0.2) is 4.80 Å². The Kier molecular flexibility index (Phi) is 4.50. The van der Waals surface area contributed by atoms with Gasteiger partial charge in [-0.1, -0.05) is 17.4 Å². The number of hydrogen-bond donors (Lipinski definition) is 0. The number of carbonyl (C=O) groups is 1. The Morgan fingerprint density at radius 1 is 1.35 bits per heavy atom. The summed E-state index contributed by atoms with van der Waals surface area (Å²) in [6.45, 7) is 7.30. The lowest BCUT2D eigenvalue weighted by molar-refractivity contribution is 0.0987. The molecule has 0 unspecified atom stereocenters. The van der Waals surface area contributed by atoms with Crippen LogP contribution in [0.2, 0.25) is 0 Å². The molecule has 0 bridgehead atoms. The van der Waals surface area contributed by atoms with Crippen molar-refractivity contribution in [2.75, 3.05) is 0 Å². The molecule has 23 heavy (non-hydrogen) atoms. The lowest BCUT2D eigenvalue weighted by atomic mass is 10.3. The first kappa shape index (κ1) is 16.1. The van der Waals surface area contributed by atoms with Gasteiger partial charge in [-0.05, 0) is 54.9 Å². The Morgan fingerprint density at radius 3 is 2.83 bits per heavy atom. The van der Waals surface area contributed by atoms with Crippen LogP contribution in [0.4, 0.5) is 0 Å². The van der Waals surface area contributed by atoms with Gasteiger partial charge in [0, 0.05) is 17.6 Å². The standard InChI is InChI=1S/C16H17BrN4OS/c1-4-20-14-11(17)7-6-8-13(14)23-16(20)18-15(22)12-9-10(3)19-21(12)5-2/h6-9H,4-5H2,1-3H3. The Morgan fingerprint density at radius 2 is 2.13 bits per heavy atom.